The first-order valence-corrected chi connectivity index (χ1v) is 9.46. The molecule has 0 aliphatic heterocycles. The van der Waals surface area contributed by atoms with Gasteiger partial charge in [-0.25, -0.2) is 0 Å². The largest absolute Gasteiger partial charge is 0.465 e. The smallest absolute Gasteiger partial charge is 0.308 e. The molecule has 0 radical (unpaired) electrons. The van der Waals surface area contributed by atoms with Gasteiger partial charge in [0, 0.05) is 24.5 Å². The summed E-state index contributed by atoms with van der Waals surface area (Å²) < 4.78 is 9.16. The van der Waals surface area contributed by atoms with Gasteiger partial charge >= 0.3 is 5.97 Å². The van der Waals surface area contributed by atoms with Crippen LogP contribution in [0.2, 0.25) is 0 Å². The zero-order chi connectivity index (χ0) is 18.9. The number of hydrogen-bond acceptors (Lipinski definition) is 4. The van der Waals surface area contributed by atoms with E-state index in [0.717, 1.165) is 31.4 Å². The van der Waals surface area contributed by atoms with Crippen molar-refractivity contribution in [2.75, 3.05) is 6.61 Å². The van der Waals surface area contributed by atoms with Crippen LogP contribution in [0.15, 0.2) is 47.4 Å². The third-order valence-corrected chi connectivity index (χ3v) is 4.51. The van der Waals surface area contributed by atoms with Crippen LogP contribution < -0.4 is 5.56 Å². The van der Waals surface area contributed by atoms with Gasteiger partial charge in [0.25, 0.3) is 5.56 Å². The second kappa shape index (κ2) is 10.1. The molecule has 0 aliphatic carbocycles. The first-order valence-electron chi connectivity index (χ1n) is 9.05. The minimum absolute atomic E-state index is 0.0759. The summed E-state index contributed by atoms with van der Waals surface area (Å²) in [5.74, 6) is -0.233. The molecule has 140 valence electrons. The van der Waals surface area contributed by atoms with E-state index in [1.807, 2.05) is 48.7 Å². The molecule has 0 N–H and O–H groups in total. The number of aromatic nitrogens is 2. The van der Waals surface area contributed by atoms with E-state index in [2.05, 4.69) is 0 Å². The molecule has 5 nitrogen and oxygen atoms in total. The summed E-state index contributed by atoms with van der Waals surface area (Å²) in [5, 5.41) is 0. The highest BCUT2D eigenvalue weighted by Gasteiger charge is 2.07. The van der Waals surface area contributed by atoms with E-state index < -0.39 is 0 Å². The number of para-hydroxylation sites is 1. The van der Waals surface area contributed by atoms with Crippen molar-refractivity contribution in [3.63, 3.8) is 0 Å². The number of ether oxygens (including phenoxy) is 1. The number of carbonyl (C=O) groups excluding carboxylic acids is 1. The number of rotatable bonds is 9. The second-order valence-corrected chi connectivity index (χ2v) is 6.90. The van der Waals surface area contributed by atoms with Crippen molar-refractivity contribution in [3.8, 4) is 5.69 Å². The van der Waals surface area contributed by atoms with E-state index in [1.54, 1.807) is 16.8 Å². The zero-order valence-corrected chi connectivity index (χ0v) is 16.2. The van der Waals surface area contributed by atoms with Crippen LogP contribution >= 0.6 is 12.2 Å². The Morgan fingerprint density at radius 3 is 2.46 bits per heavy atom. The number of unbranched alkanes of at least 4 members (excludes halogenated alkanes) is 3. The SMILES string of the molecule is CC(C)C(=O)OCCCCCCn1c(=O)ccn(-c2ccccc2)c1=S. The average Bonchev–Trinajstić information content (AvgIpc) is 2.63. The van der Waals surface area contributed by atoms with E-state index in [9.17, 15) is 9.59 Å². The molecule has 0 saturated heterocycles. The standard InChI is InChI=1S/C20H26N2O3S/c1-16(2)19(24)25-15-9-4-3-8-13-22-18(23)12-14-21(20(22)26)17-10-6-5-7-11-17/h5-7,10-12,14,16H,3-4,8-9,13,15H2,1-2H3. The zero-order valence-electron chi connectivity index (χ0n) is 15.4. The van der Waals surface area contributed by atoms with Gasteiger partial charge in [-0.05, 0) is 43.6 Å². The third kappa shape index (κ3) is 5.66. The summed E-state index contributed by atoms with van der Waals surface area (Å²) in [4.78, 5) is 23.5. The molecule has 1 aromatic carbocycles. The Bertz CT molecular complexity index is 825. The lowest BCUT2D eigenvalue weighted by molar-refractivity contribution is -0.147. The monoisotopic (exact) mass is 374 g/mol. The first-order chi connectivity index (χ1) is 12.5. The van der Waals surface area contributed by atoms with E-state index in [-0.39, 0.29) is 17.4 Å². The molecule has 1 aromatic heterocycles. The summed E-state index contributed by atoms with van der Waals surface area (Å²) in [6.45, 7) is 4.71. The third-order valence-electron chi connectivity index (χ3n) is 4.10. The van der Waals surface area contributed by atoms with Crippen molar-refractivity contribution in [3.05, 3.63) is 57.7 Å². The fourth-order valence-electron chi connectivity index (χ4n) is 2.57. The number of carbonyl (C=O) groups is 1. The molecule has 26 heavy (non-hydrogen) atoms. The lowest BCUT2D eigenvalue weighted by atomic mass is 10.2. The quantitative estimate of drug-likeness (QED) is 0.376. The fraction of sp³-hybridized carbons (Fsp3) is 0.450. The topological polar surface area (TPSA) is 53.2 Å². The fourth-order valence-corrected chi connectivity index (χ4v) is 2.92. The van der Waals surface area contributed by atoms with Gasteiger partial charge in [-0.15, -0.1) is 0 Å². The molecular formula is C20H26N2O3S. The van der Waals surface area contributed by atoms with Crippen molar-refractivity contribution in [1.82, 2.24) is 9.13 Å². The molecule has 0 saturated carbocycles. The molecule has 0 unspecified atom stereocenters. The maximum absolute atomic E-state index is 12.2. The van der Waals surface area contributed by atoms with Gasteiger partial charge < -0.3 is 4.74 Å². The predicted molar refractivity (Wildman–Crippen MR) is 105 cm³/mol. The molecule has 0 fully saturated rings. The molecular weight excluding hydrogens is 348 g/mol. The van der Waals surface area contributed by atoms with Crippen LogP contribution in [0.25, 0.3) is 5.69 Å². The Kier molecular flexibility index (Phi) is 7.78. The van der Waals surface area contributed by atoms with Gasteiger partial charge in [0.15, 0.2) is 4.77 Å². The summed E-state index contributed by atoms with van der Waals surface area (Å²) in [6.07, 6.45) is 5.34. The molecule has 6 heteroatoms. The Morgan fingerprint density at radius 2 is 1.77 bits per heavy atom. The number of benzene rings is 1. The number of nitrogens with zero attached hydrogens (tertiary/aromatic N) is 2. The van der Waals surface area contributed by atoms with E-state index in [1.165, 1.54) is 0 Å². The molecule has 0 amide bonds. The summed E-state index contributed by atoms with van der Waals surface area (Å²) >= 11 is 5.50. The van der Waals surface area contributed by atoms with Gasteiger partial charge in [-0.2, -0.15) is 0 Å². The van der Waals surface area contributed by atoms with Crippen molar-refractivity contribution in [1.29, 1.82) is 0 Å². The lowest BCUT2D eigenvalue weighted by Crippen LogP contribution is -2.23. The van der Waals surface area contributed by atoms with Gasteiger partial charge in [0.2, 0.25) is 0 Å². The molecule has 0 atom stereocenters. The Balaban J connectivity index is 1.86. The van der Waals surface area contributed by atoms with Gasteiger partial charge in [-0.1, -0.05) is 38.5 Å². The molecule has 0 aliphatic rings. The Labute approximate surface area is 159 Å². The highest BCUT2D eigenvalue weighted by molar-refractivity contribution is 7.71. The molecule has 2 rings (SSSR count). The van der Waals surface area contributed by atoms with Gasteiger partial charge in [0.1, 0.15) is 0 Å². The second-order valence-electron chi connectivity index (χ2n) is 6.53. The molecule has 0 spiro atoms. The highest BCUT2D eigenvalue weighted by Crippen LogP contribution is 2.08. The van der Waals surface area contributed by atoms with Crippen LogP contribution in [0.1, 0.15) is 39.5 Å². The van der Waals surface area contributed by atoms with Crippen molar-refractivity contribution >= 4 is 18.2 Å². The summed E-state index contributed by atoms with van der Waals surface area (Å²) in [5.41, 5.74) is 0.867. The lowest BCUT2D eigenvalue weighted by Gasteiger charge is -2.12. The van der Waals surface area contributed by atoms with Crippen LogP contribution in [0.4, 0.5) is 0 Å². The van der Waals surface area contributed by atoms with Crippen molar-refractivity contribution in [2.45, 2.75) is 46.1 Å². The average molecular weight is 375 g/mol. The van der Waals surface area contributed by atoms with Gasteiger partial charge in [0.05, 0.1) is 12.5 Å². The van der Waals surface area contributed by atoms with E-state index in [4.69, 9.17) is 17.0 Å². The van der Waals surface area contributed by atoms with E-state index in [0.29, 0.717) is 17.9 Å². The minimum Gasteiger partial charge on any atom is -0.465 e. The van der Waals surface area contributed by atoms with Crippen molar-refractivity contribution < 1.29 is 9.53 Å². The number of hydrogen-bond donors (Lipinski definition) is 0. The maximum Gasteiger partial charge on any atom is 0.308 e. The van der Waals surface area contributed by atoms with Crippen LogP contribution in [0.3, 0.4) is 0 Å². The number of esters is 1. The summed E-state index contributed by atoms with van der Waals surface area (Å²) in [6, 6.07) is 11.3. The van der Waals surface area contributed by atoms with Gasteiger partial charge in [-0.3, -0.25) is 18.7 Å². The van der Waals surface area contributed by atoms with Crippen LogP contribution in [-0.2, 0) is 16.1 Å². The Morgan fingerprint density at radius 1 is 1.08 bits per heavy atom. The minimum atomic E-state index is -0.151. The first kappa shape index (κ1) is 20.1. The molecule has 0 bridgehead atoms. The predicted octanol–water partition coefficient (Wildman–Crippen LogP) is 4.13. The van der Waals surface area contributed by atoms with Crippen LogP contribution in [0, 0.1) is 10.7 Å². The molecule has 1 heterocycles. The van der Waals surface area contributed by atoms with Crippen LogP contribution in [-0.4, -0.2) is 21.7 Å². The summed E-state index contributed by atoms with van der Waals surface area (Å²) in [7, 11) is 0. The molecule has 2 aromatic rings. The van der Waals surface area contributed by atoms with E-state index >= 15 is 0 Å². The highest BCUT2D eigenvalue weighted by atomic mass is 32.1. The van der Waals surface area contributed by atoms with Crippen LogP contribution in [0.5, 0.6) is 0 Å². The maximum atomic E-state index is 12.2. The normalized spacial score (nSPS) is 10.9. The van der Waals surface area contributed by atoms with Crippen molar-refractivity contribution in [2.24, 2.45) is 5.92 Å². The Hall–Kier alpha value is -2.21.